The fourth-order valence-corrected chi connectivity index (χ4v) is 5.92. The smallest absolute Gasteiger partial charge is 0.309 e. The number of anilines is 1. The molecule has 0 saturated heterocycles. The Labute approximate surface area is 310 Å². The molecule has 0 aliphatic rings. The fourth-order valence-electron chi connectivity index (χ4n) is 5.92. The van der Waals surface area contributed by atoms with Crippen LogP contribution in [0.25, 0.3) is 0 Å². The highest BCUT2D eigenvalue weighted by atomic mass is 16.6. The van der Waals surface area contributed by atoms with Crippen LogP contribution >= 0.6 is 0 Å². The summed E-state index contributed by atoms with van der Waals surface area (Å²) in [4.78, 5) is 25.8. The Hall–Kier alpha value is -4.67. The van der Waals surface area contributed by atoms with Gasteiger partial charge in [-0.3, -0.25) is 14.9 Å². The standard InChI is InChI=1S/C41H58N6O5/c1-8-9-10-11-12-13-14-15-24-46(25-26-52-41(48)37(31(4)5)27-30(2)3)35-20-16-33(17-21-35)43-45-39-28-32(6)38(29-40(39)51-7)44-42-34-18-22-36(23-19-34)47(49)50/h16-23,28-31,37H,8-15,24-27H2,1-7H3/b44-42+,45-43+. The van der Waals surface area contributed by atoms with Crippen LogP contribution in [0.15, 0.2) is 81.1 Å². The molecular weight excluding hydrogens is 656 g/mol. The highest BCUT2D eigenvalue weighted by molar-refractivity contribution is 5.72. The van der Waals surface area contributed by atoms with Crippen molar-refractivity contribution in [2.75, 3.05) is 31.7 Å². The van der Waals surface area contributed by atoms with Gasteiger partial charge in [-0.2, -0.15) is 15.3 Å². The van der Waals surface area contributed by atoms with Gasteiger partial charge in [0.1, 0.15) is 18.0 Å². The van der Waals surface area contributed by atoms with Gasteiger partial charge in [-0.25, -0.2) is 0 Å². The zero-order chi connectivity index (χ0) is 37.9. The molecule has 0 bridgehead atoms. The summed E-state index contributed by atoms with van der Waals surface area (Å²) < 4.78 is 11.4. The molecule has 0 fully saturated rings. The van der Waals surface area contributed by atoms with Crippen LogP contribution in [0.1, 0.15) is 98.0 Å². The van der Waals surface area contributed by atoms with Gasteiger partial charge in [0.25, 0.3) is 5.69 Å². The van der Waals surface area contributed by atoms with E-state index < -0.39 is 4.92 Å². The van der Waals surface area contributed by atoms with Crippen LogP contribution in [0, 0.1) is 34.8 Å². The van der Waals surface area contributed by atoms with Gasteiger partial charge in [-0.05, 0) is 79.6 Å². The average Bonchev–Trinajstić information content (AvgIpc) is 3.13. The molecule has 1 unspecified atom stereocenters. The lowest BCUT2D eigenvalue weighted by molar-refractivity contribution is -0.384. The Morgan fingerprint density at radius 3 is 1.92 bits per heavy atom. The molecule has 3 aromatic carbocycles. The molecule has 0 saturated carbocycles. The van der Waals surface area contributed by atoms with Gasteiger partial charge in [0, 0.05) is 30.4 Å². The van der Waals surface area contributed by atoms with Crippen molar-refractivity contribution in [3.05, 3.63) is 76.3 Å². The Balaban J connectivity index is 1.68. The van der Waals surface area contributed by atoms with Crippen LogP contribution in [0.5, 0.6) is 5.75 Å². The number of carbonyl (C=O) groups is 1. The topological polar surface area (TPSA) is 131 Å². The number of carbonyl (C=O) groups excluding carboxylic acids is 1. The molecule has 0 amide bonds. The van der Waals surface area contributed by atoms with Crippen LogP contribution in [0.4, 0.5) is 34.1 Å². The summed E-state index contributed by atoms with van der Waals surface area (Å²) in [6.07, 6.45) is 10.8. The number of methoxy groups -OCH3 is 1. The lowest BCUT2D eigenvalue weighted by atomic mass is 9.88. The molecule has 0 aromatic heterocycles. The van der Waals surface area contributed by atoms with Crippen molar-refractivity contribution in [3.63, 3.8) is 0 Å². The zero-order valence-electron chi connectivity index (χ0n) is 32.2. The second kappa shape index (κ2) is 22.3. The number of ether oxygens (including phenoxy) is 2. The van der Waals surface area contributed by atoms with Crippen LogP contribution in [0.3, 0.4) is 0 Å². The largest absolute Gasteiger partial charge is 0.494 e. The number of hydrogen-bond donors (Lipinski definition) is 0. The van der Waals surface area contributed by atoms with Crippen LogP contribution in [0.2, 0.25) is 0 Å². The molecule has 0 N–H and O–H groups in total. The van der Waals surface area contributed by atoms with Gasteiger partial charge in [0.2, 0.25) is 0 Å². The van der Waals surface area contributed by atoms with E-state index in [-0.39, 0.29) is 23.5 Å². The maximum Gasteiger partial charge on any atom is 0.309 e. The highest BCUT2D eigenvalue weighted by Crippen LogP contribution is 2.37. The zero-order valence-corrected chi connectivity index (χ0v) is 32.2. The summed E-state index contributed by atoms with van der Waals surface area (Å²) in [5, 5.41) is 28.4. The number of unbranched alkanes of at least 4 members (excludes halogenated alkanes) is 7. The normalized spacial score (nSPS) is 12.2. The SMILES string of the molecule is CCCCCCCCCCN(CCOC(=O)C(CC(C)C)C(C)C)c1ccc(/N=N/c2cc(C)c(/N=N/c3ccc([N+](=O)[O-])cc3)cc2OC)cc1. The minimum Gasteiger partial charge on any atom is -0.494 e. The average molecular weight is 715 g/mol. The number of aryl methyl sites for hydroxylation is 1. The number of nitro benzene ring substituents is 1. The fraction of sp³-hybridized carbons (Fsp3) is 0.537. The molecule has 1 atom stereocenters. The van der Waals surface area contributed by atoms with E-state index in [0.29, 0.717) is 47.6 Å². The summed E-state index contributed by atoms with van der Waals surface area (Å²) in [5.41, 5.74) is 4.18. The van der Waals surface area contributed by atoms with E-state index in [4.69, 9.17) is 9.47 Å². The first-order chi connectivity index (χ1) is 25.0. The predicted molar refractivity (Wildman–Crippen MR) is 209 cm³/mol. The molecule has 0 aliphatic carbocycles. The van der Waals surface area contributed by atoms with Crippen molar-refractivity contribution in [1.29, 1.82) is 0 Å². The second-order valence-corrected chi connectivity index (χ2v) is 14.1. The number of nitro groups is 1. The summed E-state index contributed by atoms with van der Waals surface area (Å²) in [6, 6.07) is 17.4. The Bertz CT molecular complexity index is 1590. The molecule has 282 valence electrons. The number of rotatable bonds is 23. The van der Waals surface area contributed by atoms with E-state index in [1.807, 2.05) is 37.3 Å². The Morgan fingerprint density at radius 2 is 1.37 bits per heavy atom. The van der Waals surface area contributed by atoms with Crippen LogP contribution < -0.4 is 9.64 Å². The minimum absolute atomic E-state index is 0.00715. The molecule has 11 nitrogen and oxygen atoms in total. The van der Waals surface area contributed by atoms with Gasteiger partial charge in [0.15, 0.2) is 0 Å². The molecule has 0 aliphatic heterocycles. The quantitative estimate of drug-likeness (QED) is 0.0316. The second-order valence-electron chi connectivity index (χ2n) is 14.1. The van der Waals surface area contributed by atoms with E-state index >= 15 is 0 Å². The molecule has 0 radical (unpaired) electrons. The third-order valence-corrected chi connectivity index (χ3v) is 9.04. The van der Waals surface area contributed by atoms with E-state index in [0.717, 1.165) is 30.6 Å². The molecule has 0 spiro atoms. The van der Waals surface area contributed by atoms with Crippen molar-refractivity contribution < 1.29 is 19.2 Å². The van der Waals surface area contributed by atoms with Gasteiger partial charge < -0.3 is 14.4 Å². The van der Waals surface area contributed by atoms with Gasteiger partial charge in [-0.1, -0.05) is 79.6 Å². The van der Waals surface area contributed by atoms with Crippen molar-refractivity contribution in [2.24, 2.45) is 38.2 Å². The van der Waals surface area contributed by atoms with Crippen molar-refractivity contribution >= 4 is 40.1 Å². The number of hydrogen-bond acceptors (Lipinski definition) is 10. The molecule has 3 aromatic rings. The first-order valence-corrected chi connectivity index (χ1v) is 18.8. The highest BCUT2D eigenvalue weighted by Gasteiger charge is 2.25. The molecule has 52 heavy (non-hydrogen) atoms. The van der Waals surface area contributed by atoms with Crippen LogP contribution in [-0.2, 0) is 9.53 Å². The predicted octanol–water partition coefficient (Wildman–Crippen LogP) is 12.6. The molecule has 0 heterocycles. The maximum atomic E-state index is 13.0. The minimum atomic E-state index is -0.455. The third-order valence-electron chi connectivity index (χ3n) is 9.04. The molecule has 11 heteroatoms. The number of benzene rings is 3. The first kappa shape index (κ1) is 41.7. The summed E-state index contributed by atoms with van der Waals surface area (Å²) in [6.45, 7) is 14.5. The molecule has 3 rings (SSSR count). The Kier molecular flexibility index (Phi) is 17.9. The number of non-ortho nitro benzene ring substituents is 1. The lowest BCUT2D eigenvalue weighted by Crippen LogP contribution is -2.31. The van der Waals surface area contributed by atoms with Crippen molar-refractivity contribution in [2.45, 2.75) is 99.3 Å². The van der Waals surface area contributed by atoms with Crippen molar-refractivity contribution in [1.82, 2.24) is 0 Å². The maximum absolute atomic E-state index is 13.0. The van der Waals surface area contributed by atoms with Gasteiger partial charge in [-0.15, -0.1) is 5.11 Å². The monoisotopic (exact) mass is 714 g/mol. The summed E-state index contributed by atoms with van der Waals surface area (Å²) in [5.74, 6) is 0.981. The van der Waals surface area contributed by atoms with Crippen molar-refractivity contribution in [3.8, 4) is 5.75 Å². The molecular formula is C41H58N6O5. The van der Waals surface area contributed by atoms with E-state index in [2.05, 4.69) is 60.0 Å². The summed E-state index contributed by atoms with van der Waals surface area (Å²) in [7, 11) is 1.56. The lowest BCUT2D eigenvalue weighted by Gasteiger charge is -2.26. The van der Waals surface area contributed by atoms with Gasteiger partial charge >= 0.3 is 5.97 Å². The summed E-state index contributed by atoms with van der Waals surface area (Å²) >= 11 is 0. The van der Waals surface area contributed by atoms with Gasteiger partial charge in [0.05, 0.1) is 41.6 Å². The third kappa shape index (κ3) is 14.2. The number of esters is 1. The van der Waals surface area contributed by atoms with E-state index in [1.165, 1.54) is 57.1 Å². The first-order valence-electron chi connectivity index (χ1n) is 18.8. The van der Waals surface area contributed by atoms with E-state index in [9.17, 15) is 14.9 Å². The van der Waals surface area contributed by atoms with E-state index in [1.54, 1.807) is 25.3 Å². The van der Waals surface area contributed by atoms with Crippen LogP contribution in [-0.4, -0.2) is 37.7 Å². The number of azo groups is 2. The Morgan fingerprint density at radius 1 is 0.788 bits per heavy atom. The number of nitrogens with zero attached hydrogens (tertiary/aromatic N) is 6.